The molecule has 0 fully saturated rings. The van der Waals surface area contributed by atoms with Crippen LogP contribution in [0.5, 0.6) is 0 Å². The lowest BCUT2D eigenvalue weighted by Gasteiger charge is -2.19. The third-order valence-corrected chi connectivity index (χ3v) is 3.94. The Hall–Kier alpha value is -1.68. The Labute approximate surface area is 133 Å². The van der Waals surface area contributed by atoms with Crippen LogP contribution in [0, 0.1) is 5.92 Å². The lowest BCUT2D eigenvalue weighted by molar-refractivity contribution is 0.481. The molecular weight excluding hydrogens is 272 g/mol. The number of benzene rings is 1. The van der Waals surface area contributed by atoms with Gasteiger partial charge < -0.3 is 5.73 Å². The summed E-state index contributed by atoms with van der Waals surface area (Å²) < 4.78 is 1.99. The SMILES string of the molecule is CC(C)CCn1nnc(CN)c1-c1ccc(C(C)(C)C)cc1. The van der Waals surface area contributed by atoms with Gasteiger partial charge in [-0.05, 0) is 23.3 Å². The van der Waals surface area contributed by atoms with Crippen LogP contribution in [-0.2, 0) is 18.5 Å². The van der Waals surface area contributed by atoms with E-state index in [9.17, 15) is 0 Å². The molecule has 0 aliphatic carbocycles. The fourth-order valence-corrected chi connectivity index (χ4v) is 2.47. The van der Waals surface area contributed by atoms with Crippen LogP contribution in [0.15, 0.2) is 24.3 Å². The maximum absolute atomic E-state index is 5.84. The van der Waals surface area contributed by atoms with Gasteiger partial charge in [0.2, 0.25) is 0 Å². The van der Waals surface area contributed by atoms with Gasteiger partial charge in [-0.3, -0.25) is 0 Å². The van der Waals surface area contributed by atoms with Crippen LogP contribution >= 0.6 is 0 Å². The summed E-state index contributed by atoms with van der Waals surface area (Å²) in [6, 6.07) is 8.69. The van der Waals surface area contributed by atoms with Crippen molar-refractivity contribution >= 4 is 0 Å². The first kappa shape index (κ1) is 16.7. The molecule has 0 saturated heterocycles. The molecule has 4 nitrogen and oxygen atoms in total. The molecule has 2 aromatic rings. The second kappa shape index (κ2) is 6.61. The lowest BCUT2D eigenvalue weighted by atomic mass is 9.86. The van der Waals surface area contributed by atoms with Crippen LogP contribution in [-0.4, -0.2) is 15.0 Å². The molecule has 0 amide bonds. The summed E-state index contributed by atoms with van der Waals surface area (Å²) in [7, 11) is 0. The summed E-state index contributed by atoms with van der Waals surface area (Å²) in [6.07, 6.45) is 1.08. The van der Waals surface area contributed by atoms with Crippen LogP contribution in [0.3, 0.4) is 0 Å². The van der Waals surface area contributed by atoms with Crippen LogP contribution in [0.1, 0.15) is 52.3 Å². The Balaban J connectivity index is 2.36. The first-order chi connectivity index (χ1) is 10.3. The molecule has 0 aliphatic rings. The maximum atomic E-state index is 5.84. The van der Waals surface area contributed by atoms with E-state index in [1.807, 2.05) is 4.68 Å². The number of nitrogens with two attached hydrogens (primary N) is 1. The van der Waals surface area contributed by atoms with E-state index in [0.717, 1.165) is 29.9 Å². The summed E-state index contributed by atoms with van der Waals surface area (Å²) in [5.41, 5.74) is 10.4. The van der Waals surface area contributed by atoms with E-state index in [4.69, 9.17) is 5.73 Å². The Morgan fingerprint density at radius 2 is 1.77 bits per heavy atom. The van der Waals surface area contributed by atoms with Gasteiger partial charge in [-0.1, -0.05) is 64.1 Å². The number of aromatic nitrogens is 3. The monoisotopic (exact) mass is 300 g/mol. The molecule has 0 bridgehead atoms. The first-order valence-corrected chi connectivity index (χ1v) is 8.06. The highest BCUT2D eigenvalue weighted by Crippen LogP contribution is 2.27. The van der Waals surface area contributed by atoms with Crippen molar-refractivity contribution in [1.29, 1.82) is 0 Å². The smallest absolute Gasteiger partial charge is 0.104 e. The van der Waals surface area contributed by atoms with Gasteiger partial charge in [-0.2, -0.15) is 0 Å². The van der Waals surface area contributed by atoms with Gasteiger partial charge in [0.15, 0.2) is 0 Å². The zero-order valence-corrected chi connectivity index (χ0v) is 14.4. The van der Waals surface area contributed by atoms with Crippen molar-refractivity contribution in [2.45, 2.75) is 59.5 Å². The average molecular weight is 300 g/mol. The molecule has 1 heterocycles. The predicted octanol–water partition coefficient (Wildman–Crippen LogP) is 3.75. The van der Waals surface area contributed by atoms with E-state index in [0.29, 0.717) is 12.5 Å². The molecule has 4 heteroatoms. The molecule has 1 aromatic carbocycles. The fraction of sp³-hybridized carbons (Fsp3) is 0.556. The summed E-state index contributed by atoms with van der Waals surface area (Å²) in [5, 5.41) is 8.54. The van der Waals surface area contributed by atoms with Crippen LogP contribution < -0.4 is 5.73 Å². The highest BCUT2D eigenvalue weighted by Gasteiger charge is 2.17. The number of nitrogens with zero attached hydrogens (tertiary/aromatic N) is 3. The molecular formula is C18H28N4. The topological polar surface area (TPSA) is 56.7 Å². The van der Waals surface area contributed by atoms with Gasteiger partial charge >= 0.3 is 0 Å². The van der Waals surface area contributed by atoms with Crippen LogP contribution in [0.2, 0.25) is 0 Å². The van der Waals surface area contributed by atoms with Gasteiger partial charge in [-0.15, -0.1) is 5.10 Å². The number of aryl methyl sites for hydroxylation is 1. The van der Waals surface area contributed by atoms with Gasteiger partial charge in [0, 0.05) is 18.7 Å². The highest BCUT2D eigenvalue weighted by molar-refractivity contribution is 5.62. The zero-order chi connectivity index (χ0) is 16.3. The minimum absolute atomic E-state index is 0.158. The molecule has 1 aromatic heterocycles. The average Bonchev–Trinajstić information content (AvgIpc) is 2.87. The van der Waals surface area contributed by atoms with E-state index < -0.39 is 0 Å². The second-order valence-corrected chi connectivity index (χ2v) is 7.32. The van der Waals surface area contributed by atoms with Gasteiger partial charge in [0.1, 0.15) is 5.69 Å². The summed E-state index contributed by atoms with van der Waals surface area (Å²) in [4.78, 5) is 0. The maximum Gasteiger partial charge on any atom is 0.104 e. The van der Waals surface area contributed by atoms with Crippen molar-refractivity contribution in [2.75, 3.05) is 0 Å². The van der Waals surface area contributed by atoms with Crippen LogP contribution in [0.25, 0.3) is 11.3 Å². The van der Waals surface area contributed by atoms with E-state index >= 15 is 0 Å². The lowest BCUT2D eigenvalue weighted by Crippen LogP contribution is -2.11. The molecule has 2 rings (SSSR count). The zero-order valence-electron chi connectivity index (χ0n) is 14.4. The Bertz CT molecular complexity index is 603. The normalized spacial score (nSPS) is 12.1. The largest absolute Gasteiger partial charge is 0.325 e. The minimum Gasteiger partial charge on any atom is -0.325 e. The molecule has 0 spiro atoms. The van der Waals surface area contributed by atoms with E-state index in [2.05, 4.69) is 69.2 Å². The Morgan fingerprint density at radius 1 is 1.14 bits per heavy atom. The van der Waals surface area contributed by atoms with E-state index in [1.54, 1.807) is 0 Å². The number of hydrogen-bond acceptors (Lipinski definition) is 3. The molecule has 0 atom stereocenters. The first-order valence-electron chi connectivity index (χ1n) is 8.06. The molecule has 120 valence electrons. The highest BCUT2D eigenvalue weighted by atomic mass is 15.4. The van der Waals surface area contributed by atoms with Crippen molar-refractivity contribution in [3.05, 3.63) is 35.5 Å². The molecule has 22 heavy (non-hydrogen) atoms. The third-order valence-electron chi connectivity index (χ3n) is 3.94. The summed E-state index contributed by atoms with van der Waals surface area (Å²) in [5.74, 6) is 0.640. The van der Waals surface area contributed by atoms with Gasteiger partial charge in [0.25, 0.3) is 0 Å². The quantitative estimate of drug-likeness (QED) is 0.915. The molecule has 0 saturated carbocycles. The minimum atomic E-state index is 0.158. The summed E-state index contributed by atoms with van der Waals surface area (Å²) >= 11 is 0. The standard InChI is InChI=1S/C18H28N4/c1-13(2)10-11-22-17(16(12-19)20-21-22)14-6-8-15(9-7-14)18(3,4)5/h6-9,13H,10-12,19H2,1-5H3. The third kappa shape index (κ3) is 3.74. The second-order valence-electron chi connectivity index (χ2n) is 7.32. The Kier molecular flexibility index (Phi) is 5.01. The van der Waals surface area contributed by atoms with E-state index in [1.165, 1.54) is 5.56 Å². The molecule has 0 unspecified atom stereocenters. The van der Waals surface area contributed by atoms with Gasteiger partial charge in [-0.25, -0.2) is 4.68 Å². The van der Waals surface area contributed by atoms with Crippen molar-refractivity contribution in [1.82, 2.24) is 15.0 Å². The predicted molar refractivity (Wildman–Crippen MR) is 91.5 cm³/mol. The fourth-order valence-electron chi connectivity index (χ4n) is 2.47. The number of rotatable bonds is 5. The van der Waals surface area contributed by atoms with Crippen molar-refractivity contribution in [3.8, 4) is 11.3 Å². The van der Waals surface area contributed by atoms with Crippen LogP contribution in [0.4, 0.5) is 0 Å². The van der Waals surface area contributed by atoms with Crippen molar-refractivity contribution in [2.24, 2.45) is 11.7 Å². The molecule has 2 N–H and O–H groups in total. The van der Waals surface area contributed by atoms with E-state index in [-0.39, 0.29) is 5.41 Å². The van der Waals surface area contributed by atoms with Crippen molar-refractivity contribution < 1.29 is 0 Å². The molecule has 0 radical (unpaired) electrons. The molecule has 0 aliphatic heterocycles. The summed E-state index contributed by atoms with van der Waals surface area (Å²) in [6.45, 7) is 12.4. The van der Waals surface area contributed by atoms with Crippen molar-refractivity contribution in [3.63, 3.8) is 0 Å². The number of hydrogen-bond donors (Lipinski definition) is 1. The van der Waals surface area contributed by atoms with Gasteiger partial charge in [0.05, 0.1) is 5.69 Å². The Morgan fingerprint density at radius 3 is 2.27 bits per heavy atom.